The highest BCUT2D eigenvalue weighted by molar-refractivity contribution is 5.83. The molecule has 0 fully saturated rings. The van der Waals surface area contributed by atoms with Crippen LogP contribution in [0.2, 0.25) is 0 Å². The van der Waals surface area contributed by atoms with Crippen LogP contribution in [0.4, 0.5) is 11.9 Å². The maximum atomic E-state index is 11.6. The first kappa shape index (κ1) is 13.9. The number of methoxy groups -OCH3 is 1. The Kier molecular flexibility index (Phi) is 5.09. The predicted molar refractivity (Wildman–Crippen MR) is 67.7 cm³/mol. The SMILES string of the molecule is CCNC(=O)C(C)Nc1nc(NC)nc(OC)n1. The molecule has 1 atom stereocenters. The number of hydrogen-bond acceptors (Lipinski definition) is 7. The maximum Gasteiger partial charge on any atom is 0.322 e. The summed E-state index contributed by atoms with van der Waals surface area (Å²) < 4.78 is 4.94. The van der Waals surface area contributed by atoms with Crippen molar-refractivity contribution in [3.05, 3.63) is 0 Å². The second-order valence-corrected chi connectivity index (χ2v) is 3.48. The number of carbonyl (C=O) groups is 1. The van der Waals surface area contributed by atoms with E-state index < -0.39 is 6.04 Å². The first-order valence-corrected chi connectivity index (χ1v) is 5.62. The van der Waals surface area contributed by atoms with Crippen molar-refractivity contribution in [2.75, 3.05) is 31.3 Å². The Labute approximate surface area is 106 Å². The van der Waals surface area contributed by atoms with Gasteiger partial charge in [0.1, 0.15) is 6.04 Å². The van der Waals surface area contributed by atoms with Crippen LogP contribution in [0.1, 0.15) is 13.8 Å². The molecule has 0 radical (unpaired) electrons. The summed E-state index contributed by atoms with van der Waals surface area (Å²) in [6, 6.07) is -0.262. The summed E-state index contributed by atoms with van der Waals surface area (Å²) in [7, 11) is 3.15. The van der Waals surface area contributed by atoms with Crippen molar-refractivity contribution in [1.29, 1.82) is 0 Å². The van der Waals surface area contributed by atoms with Crippen molar-refractivity contribution in [2.45, 2.75) is 19.9 Å². The summed E-state index contributed by atoms with van der Waals surface area (Å²) in [4.78, 5) is 23.6. The molecule has 0 aliphatic rings. The van der Waals surface area contributed by atoms with E-state index in [0.717, 1.165) is 0 Å². The van der Waals surface area contributed by atoms with Gasteiger partial charge >= 0.3 is 6.01 Å². The number of rotatable bonds is 6. The third-order valence-electron chi connectivity index (χ3n) is 2.11. The summed E-state index contributed by atoms with van der Waals surface area (Å²) in [5.41, 5.74) is 0. The van der Waals surface area contributed by atoms with Crippen molar-refractivity contribution >= 4 is 17.8 Å². The molecular weight excluding hydrogens is 236 g/mol. The summed E-state index contributed by atoms with van der Waals surface area (Å²) in [6.07, 6.45) is 0. The smallest absolute Gasteiger partial charge is 0.322 e. The van der Waals surface area contributed by atoms with Crippen LogP contribution in [0.5, 0.6) is 6.01 Å². The van der Waals surface area contributed by atoms with E-state index in [4.69, 9.17) is 4.74 Å². The van der Waals surface area contributed by atoms with Gasteiger partial charge in [0, 0.05) is 13.6 Å². The number of aromatic nitrogens is 3. The minimum Gasteiger partial charge on any atom is -0.467 e. The van der Waals surface area contributed by atoms with Crippen LogP contribution in [0.25, 0.3) is 0 Å². The third-order valence-corrected chi connectivity index (χ3v) is 2.11. The second-order valence-electron chi connectivity index (χ2n) is 3.48. The normalized spacial score (nSPS) is 11.6. The van der Waals surface area contributed by atoms with E-state index in [0.29, 0.717) is 12.5 Å². The van der Waals surface area contributed by atoms with Crippen molar-refractivity contribution in [1.82, 2.24) is 20.3 Å². The monoisotopic (exact) mass is 254 g/mol. The number of amides is 1. The van der Waals surface area contributed by atoms with E-state index in [1.807, 2.05) is 6.92 Å². The molecule has 8 heteroatoms. The zero-order chi connectivity index (χ0) is 13.5. The molecule has 1 unspecified atom stereocenters. The molecule has 8 nitrogen and oxygen atoms in total. The molecular formula is C10H18N6O2. The molecule has 1 aromatic heterocycles. The number of anilines is 2. The van der Waals surface area contributed by atoms with Crippen LogP contribution in [0.3, 0.4) is 0 Å². The Balaban J connectivity index is 2.79. The fraction of sp³-hybridized carbons (Fsp3) is 0.600. The summed E-state index contributed by atoms with van der Waals surface area (Å²) in [5.74, 6) is 0.528. The lowest BCUT2D eigenvalue weighted by Crippen LogP contribution is -2.37. The molecule has 1 rings (SSSR count). The number of hydrogen-bond donors (Lipinski definition) is 3. The average molecular weight is 254 g/mol. The van der Waals surface area contributed by atoms with E-state index in [1.165, 1.54) is 7.11 Å². The Hall–Kier alpha value is -2.12. The number of carbonyl (C=O) groups excluding carboxylic acids is 1. The highest BCUT2D eigenvalue weighted by Crippen LogP contribution is 2.10. The maximum absolute atomic E-state index is 11.6. The highest BCUT2D eigenvalue weighted by atomic mass is 16.5. The fourth-order valence-electron chi connectivity index (χ4n) is 1.21. The fourth-order valence-corrected chi connectivity index (χ4v) is 1.21. The average Bonchev–Trinajstić information content (AvgIpc) is 2.38. The van der Waals surface area contributed by atoms with Gasteiger partial charge in [0.2, 0.25) is 17.8 Å². The van der Waals surface area contributed by atoms with Gasteiger partial charge in [0.25, 0.3) is 0 Å². The molecule has 1 heterocycles. The first-order chi connectivity index (χ1) is 8.60. The minimum atomic E-state index is -0.443. The molecule has 0 saturated heterocycles. The van der Waals surface area contributed by atoms with Crippen LogP contribution in [0.15, 0.2) is 0 Å². The molecule has 0 saturated carbocycles. The predicted octanol–water partition coefficient (Wildman–Crippen LogP) is -0.142. The van der Waals surface area contributed by atoms with Gasteiger partial charge in [0.05, 0.1) is 7.11 Å². The van der Waals surface area contributed by atoms with Crippen LogP contribution in [-0.4, -0.2) is 47.6 Å². The zero-order valence-corrected chi connectivity index (χ0v) is 10.9. The molecule has 0 bridgehead atoms. The minimum absolute atomic E-state index is 0.122. The van der Waals surface area contributed by atoms with Gasteiger partial charge in [-0.25, -0.2) is 0 Å². The van der Waals surface area contributed by atoms with Crippen LogP contribution >= 0.6 is 0 Å². The van der Waals surface area contributed by atoms with E-state index in [9.17, 15) is 4.79 Å². The van der Waals surface area contributed by atoms with Gasteiger partial charge in [-0.3, -0.25) is 4.79 Å². The van der Waals surface area contributed by atoms with Gasteiger partial charge in [-0.1, -0.05) is 0 Å². The molecule has 0 aromatic carbocycles. The van der Waals surface area contributed by atoms with E-state index in [-0.39, 0.29) is 17.9 Å². The second kappa shape index (κ2) is 6.58. The van der Waals surface area contributed by atoms with Gasteiger partial charge in [-0.05, 0) is 13.8 Å². The molecule has 0 aliphatic carbocycles. The highest BCUT2D eigenvalue weighted by Gasteiger charge is 2.14. The van der Waals surface area contributed by atoms with Gasteiger partial charge in [-0.15, -0.1) is 0 Å². The van der Waals surface area contributed by atoms with Crippen molar-refractivity contribution in [3.8, 4) is 6.01 Å². The number of likely N-dealkylation sites (N-methyl/N-ethyl adjacent to an activating group) is 1. The van der Waals surface area contributed by atoms with Gasteiger partial charge < -0.3 is 20.7 Å². The van der Waals surface area contributed by atoms with E-state index in [2.05, 4.69) is 30.9 Å². The Morgan fingerprint density at radius 2 is 2.00 bits per heavy atom. The molecule has 100 valence electrons. The lowest BCUT2D eigenvalue weighted by molar-refractivity contribution is -0.121. The lowest BCUT2D eigenvalue weighted by atomic mass is 10.3. The lowest BCUT2D eigenvalue weighted by Gasteiger charge is -2.13. The van der Waals surface area contributed by atoms with E-state index >= 15 is 0 Å². The zero-order valence-electron chi connectivity index (χ0n) is 10.9. The number of nitrogens with zero attached hydrogens (tertiary/aromatic N) is 3. The van der Waals surface area contributed by atoms with Crippen LogP contribution in [-0.2, 0) is 4.79 Å². The number of nitrogens with one attached hydrogen (secondary N) is 3. The molecule has 0 aliphatic heterocycles. The summed E-state index contributed by atoms with van der Waals surface area (Å²) >= 11 is 0. The quantitative estimate of drug-likeness (QED) is 0.649. The van der Waals surface area contributed by atoms with Crippen LogP contribution in [0, 0.1) is 0 Å². The van der Waals surface area contributed by atoms with Crippen molar-refractivity contribution in [3.63, 3.8) is 0 Å². The Morgan fingerprint density at radius 3 is 2.56 bits per heavy atom. The van der Waals surface area contributed by atoms with Gasteiger partial charge in [-0.2, -0.15) is 15.0 Å². The Bertz CT molecular complexity index is 389. The standard InChI is InChI=1S/C10H18N6O2/c1-5-12-7(17)6(2)13-9-14-8(11-3)15-10(16-9)18-4/h6H,5H2,1-4H3,(H,12,17)(H2,11,13,14,15,16). The van der Waals surface area contributed by atoms with E-state index in [1.54, 1.807) is 14.0 Å². The number of ether oxygens (including phenoxy) is 1. The summed E-state index contributed by atoms with van der Waals surface area (Å²) in [6.45, 7) is 4.16. The van der Waals surface area contributed by atoms with Crippen molar-refractivity contribution < 1.29 is 9.53 Å². The third kappa shape index (κ3) is 3.72. The molecule has 18 heavy (non-hydrogen) atoms. The Morgan fingerprint density at radius 1 is 1.33 bits per heavy atom. The first-order valence-electron chi connectivity index (χ1n) is 5.62. The topological polar surface area (TPSA) is 101 Å². The molecule has 1 amide bonds. The molecule has 3 N–H and O–H groups in total. The molecule has 0 spiro atoms. The largest absolute Gasteiger partial charge is 0.467 e. The van der Waals surface area contributed by atoms with Crippen molar-refractivity contribution in [2.24, 2.45) is 0 Å². The van der Waals surface area contributed by atoms with Crippen LogP contribution < -0.4 is 20.7 Å². The molecule has 1 aromatic rings. The summed E-state index contributed by atoms with van der Waals surface area (Å²) in [5, 5.41) is 8.37. The van der Waals surface area contributed by atoms with Gasteiger partial charge in [0.15, 0.2) is 0 Å².